The second kappa shape index (κ2) is 6.98. The van der Waals surface area contributed by atoms with Crippen molar-refractivity contribution in [2.24, 2.45) is 11.1 Å². The highest BCUT2D eigenvalue weighted by atomic mass is 32.2. The molecule has 1 aliphatic rings. The molecule has 0 saturated heterocycles. The Hall–Kier alpha value is -2.38. The van der Waals surface area contributed by atoms with Crippen molar-refractivity contribution < 1.29 is 21.6 Å². The zero-order chi connectivity index (χ0) is 19.8. The van der Waals surface area contributed by atoms with E-state index in [1.165, 1.54) is 24.3 Å². The van der Waals surface area contributed by atoms with Gasteiger partial charge in [-0.15, -0.1) is 0 Å². The second-order valence-electron chi connectivity index (χ2n) is 6.38. The van der Waals surface area contributed by atoms with Crippen LogP contribution >= 0.6 is 0 Å². The minimum Gasteiger partial charge on any atom is -0.225 e. The number of hydrogen-bond acceptors (Lipinski definition) is 2. The molecule has 0 amide bonds. The fraction of sp³-hybridized carbons (Fsp3) is 0.200. The molecule has 2 aromatic rings. The smallest absolute Gasteiger partial charge is 0.225 e. The minimum absolute atomic E-state index is 0.0111. The Labute approximate surface area is 156 Å². The van der Waals surface area contributed by atoms with E-state index >= 15 is 0 Å². The summed E-state index contributed by atoms with van der Waals surface area (Å²) in [4.78, 5) is 0.0111. The van der Waals surface area contributed by atoms with Crippen LogP contribution in [0.4, 0.5) is 13.2 Å². The molecule has 0 spiro atoms. The quantitative estimate of drug-likeness (QED) is 0.806. The Morgan fingerprint density at radius 1 is 0.889 bits per heavy atom. The van der Waals surface area contributed by atoms with Crippen molar-refractivity contribution in [2.75, 3.05) is 0 Å². The third kappa shape index (κ3) is 4.14. The summed E-state index contributed by atoms with van der Waals surface area (Å²) in [6.45, 7) is 2.02. The van der Waals surface area contributed by atoms with Crippen molar-refractivity contribution >= 4 is 21.2 Å². The molecule has 0 saturated carbocycles. The van der Waals surface area contributed by atoms with Crippen molar-refractivity contribution in [3.63, 3.8) is 0 Å². The van der Waals surface area contributed by atoms with E-state index in [1.807, 2.05) is 19.1 Å². The SMILES string of the molecule is CCC1C=C(c2ccc(C(F)(F)F)cc2)C(c2ccc(S(N)(=O)=O)cc2)=C1. The van der Waals surface area contributed by atoms with Crippen molar-refractivity contribution in [1.29, 1.82) is 0 Å². The van der Waals surface area contributed by atoms with Gasteiger partial charge in [0.15, 0.2) is 0 Å². The molecule has 1 unspecified atom stereocenters. The van der Waals surface area contributed by atoms with Crippen LogP contribution in [0.1, 0.15) is 30.0 Å². The summed E-state index contributed by atoms with van der Waals surface area (Å²) < 4.78 is 61.3. The first-order valence-corrected chi connectivity index (χ1v) is 9.89. The van der Waals surface area contributed by atoms with Crippen LogP contribution in [0.15, 0.2) is 65.6 Å². The summed E-state index contributed by atoms with van der Waals surface area (Å²) in [7, 11) is -3.78. The van der Waals surface area contributed by atoms with Gasteiger partial charge in [0.1, 0.15) is 0 Å². The Morgan fingerprint density at radius 2 is 1.33 bits per heavy atom. The number of nitrogens with two attached hydrogens (primary N) is 1. The Bertz CT molecular complexity index is 1000. The highest BCUT2D eigenvalue weighted by Gasteiger charge is 2.30. The molecule has 3 nitrogen and oxygen atoms in total. The van der Waals surface area contributed by atoms with Gasteiger partial charge in [-0.2, -0.15) is 13.2 Å². The van der Waals surface area contributed by atoms with Gasteiger partial charge in [-0.25, -0.2) is 13.6 Å². The zero-order valence-corrected chi connectivity index (χ0v) is 15.3. The highest BCUT2D eigenvalue weighted by molar-refractivity contribution is 7.89. The average Bonchev–Trinajstić information content (AvgIpc) is 3.05. The van der Waals surface area contributed by atoms with Gasteiger partial charge in [0.05, 0.1) is 10.5 Å². The Morgan fingerprint density at radius 3 is 1.70 bits per heavy atom. The number of primary sulfonamides is 1. The van der Waals surface area contributed by atoms with Crippen molar-refractivity contribution in [3.8, 4) is 0 Å². The molecule has 27 heavy (non-hydrogen) atoms. The van der Waals surface area contributed by atoms with Gasteiger partial charge in [0.25, 0.3) is 0 Å². The van der Waals surface area contributed by atoms with Gasteiger partial charge in [-0.3, -0.25) is 0 Å². The predicted molar refractivity (Wildman–Crippen MR) is 99.0 cm³/mol. The lowest BCUT2D eigenvalue weighted by Gasteiger charge is -2.12. The maximum Gasteiger partial charge on any atom is 0.416 e. The fourth-order valence-electron chi connectivity index (χ4n) is 3.06. The first-order valence-electron chi connectivity index (χ1n) is 8.34. The first kappa shape index (κ1) is 19.4. The molecule has 3 rings (SSSR count). The number of allylic oxidation sites excluding steroid dienone is 4. The summed E-state index contributed by atoms with van der Waals surface area (Å²) in [5, 5.41) is 5.13. The summed E-state index contributed by atoms with van der Waals surface area (Å²) in [6.07, 6.45) is 0.532. The van der Waals surface area contributed by atoms with E-state index in [2.05, 4.69) is 0 Å². The lowest BCUT2D eigenvalue weighted by atomic mass is 9.94. The van der Waals surface area contributed by atoms with Crippen LogP contribution < -0.4 is 5.14 Å². The van der Waals surface area contributed by atoms with E-state index < -0.39 is 21.8 Å². The molecule has 0 aromatic heterocycles. The summed E-state index contributed by atoms with van der Waals surface area (Å²) >= 11 is 0. The molecule has 142 valence electrons. The maximum absolute atomic E-state index is 12.8. The monoisotopic (exact) mass is 393 g/mol. The first-order chi connectivity index (χ1) is 12.6. The molecule has 0 bridgehead atoms. The van der Waals surface area contributed by atoms with E-state index in [0.717, 1.165) is 35.3 Å². The number of halogens is 3. The molecule has 0 aliphatic heterocycles. The normalized spacial score (nSPS) is 17.6. The number of sulfonamides is 1. The standard InChI is InChI=1S/C20H18F3NO2S/c1-2-13-11-18(14-3-7-16(8-4-14)20(21,22)23)19(12-13)15-5-9-17(10-6-15)27(24,25)26/h3-13H,2H2,1H3,(H2,24,25,26). The number of benzene rings is 2. The van der Waals surface area contributed by atoms with Crippen LogP contribution in [0.3, 0.4) is 0 Å². The predicted octanol–water partition coefficient (Wildman–Crippen LogP) is 4.86. The minimum atomic E-state index is -4.38. The number of rotatable bonds is 4. The molecule has 1 atom stereocenters. The van der Waals surface area contributed by atoms with Crippen molar-refractivity contribution in [1.82, 2.24) is 0 Å². The van der Waals surface area contributed by atoms with E-state index in [9.17, 15) is 21.6 Å². The lowest BCUT2D eigenvalue weighted by molar-refractivity contribution is -0.137. The number of alkyl halides is 3. The Balaban J connectivity index is 1.98. The van der Waals surface area contributed by atoms with Crippen LogP contribution in [-0.4, -0.2) is 8.42 Å². The Kier molecular flexibility index (Phi) is 5.01. The molecule has 2 aromatic carbocycles. The van der Waals surface area contributed by atoms with Gasteiger partial charge in [0, 0.05) is 0 Å². The number of hydrogen-bond donors (Lipinski definition) is 1. The van der Waals surface area contributed by atoms with Gasteiger partial charge >= 0.3 is 6.18 Å². The maximum atomic E-state index is 12.8. The third-order valence-electron chi connectivity index (χ3n) is 4.54. The van der Waals surface area contributed by atoms with Crippen LogP contribution in [-0.2, 0) is 16.2 Å². The summed E-state index contributed by atoms with van der Waals surface area (Å²) in [6, 6.07) is 11.2. The molecule has 0 radical (unpaired) electrons. The van der Waals surface area contributed by atoms with E-state index in [4.69, 9.17) is 5.14 Å². The van der Waals surface area contributed by atoms with Crippen molar-refractivity contribution in [2.45, 2.75) is 24.4 Å². The molecule has 0 heterocycles. The molecular formula is C20H18F3NO2S. The summed E-state index contributed by atoms with van der Waals surface area (Å²) in [5.74, 6) is 0.162. The van der Waals surface area contributed by atoms with Crippen LogP contribution in [0.5, 0.6) is 0 Å². The fourth-order valence-corrected chi connectivity index (χ4v) is 3.57. The average molecular weight is 393 g/mol. The second-order valence-corrected chi connectivity index (χ2v) is 7.94. The topological polar surface area (TPSA) is 60.2 Å². The largest absolute Gasteiger partial charge is 0.416 e. The lowest BCUT2D eigenvalue weighted by Crippen LogP contribution is -2.11. The molecule has 2 N–H and O–H groups in total. The highest BCUT2D eigenvalue weighted by Crippen LogP contribution is 2.40. The van der Waals surface area contributed by atoms with Gasteiger partial charge in [-0.05, 0) is 58.9 Å². The molecule has 1 aliphatic carbocycles. The summed E-state index contributed by atoms with van der Waals surface area (Å²) in [5.41, 5.74) is 2.46. The molecule has 7 heteroatoms. The van der Waals surface area contributed by atoms with Gasteiger partial charge in [0.2, 0.25) is 10.0 Å². The third-order valence-corrected chi connectivity index (χ3v) is 5.47. The van der Waals surface area contributed by atoms with Crippen molar-refractivity contribution in [3.05, 3.63) is 77.4 Å². The zero-order valence-electron chi connectivity index (χ0n) is 14.5. The van der Waals surface area contributed by atoms with Gasteiger partial charge < -0.3 is 0 Å². The molecular weight excluding hydrogens is 375 g/mol. The van der Waals surface area contributed by atoms with E-state index in [1.54, 1.807) is 12.1 Å². The molecule has 0 fully saturated rings. The van der Waals surface area contributed by atoms with E-state index in [0.29, 0.717) is 5.56 Å². The van der Waals surface area contributed by atoms with Crippen LogP contribution in [0.2, 0.25) is 0 Å². The van der Waals surface area contributed by atoms with Gasteiger partial charge in [-0.1, -0.05) is 43.3 Å². The van der Waals surface area contributed by atoms with Crippen LogP contribution in [0.25, 0.3) is 11.1 Å². The van der Waals surface area contributed by atoms with Crippen LogP contribution in [0, 0.1) is 5.92 Å². The van der Waals surface area contributed by atoms with E-state index in [-0.39, 0.29) is 10.8 Å².